The van der Waals surface area contributed by atoms with Gasteiger partial charge in [0.1, 0.15) is 5.75 Å². The molecule has 92 valence electrons. The molecule has 1 heterocycles. The predicted octanol–water partition coefficient (Wildman–Crippen LogP) is 1.13. The monoisotopic (exact) mass is 234 g/mol. The first-order valence-electron chi connectivity index (χ1n) is 5.87. The fourth-order valence-corrected chi connectivity index (χ4v) is 2.06. The number of benzene rings is 1. The molecule has 1 aliphatic heterocycles. The van der Waals surface area contributed by atoms with Gasteiger partial charge in [-0.1, -0.05) is 6.07 Å². The summed E-state index contributed by atoms with van der Waals surface area (Å²) in [6.07, 6.45) is 0. The van der Waals surface area contributed by atoms with Gasteiger partial charge in [0.2, 0.25) is 0 Å². The second-order valence-electron chi connectivity index (χ2n) is 4.34. The molecule has 0 radical (unpaired) electrons. The van der Waals surface area contributed by atoms with Crippen molar-refractivity contribution in [3.8, 4) is 5.75 Å². The highest BCUT2D eigenvalue weighted by Gasteiger charge is 2.21. The fraction of sp³-hybridized carbons (Fsp3) is 0.462. The summed E-state index contributed by atoms with van der Waals surface area (Å²) in [7, 11) is 1.61. The van der Waals surface area contributed by atoms with Crippen LogP contribution >= 0.6 is 0 Å². The Morgan fingerprint density at radius 1 is 1.53 bits per heavy atom. The summed E-state index contributed by atoms with van der Waals surface area (Å²) < 4.78 is 5.13. The van der Waals surface area contributed by atoms with Gasteiger partial charge in [-0.3, -0.25) is 4.79 Å². The smallest absolute Gasteiger partial charge is 0.254 e. The third-order valence-electron chi connectivity index (χ3n) is 2.97. The molecule has 1 fully saturated rings. The second kappa shape index (κ2) is 5.19. The van der Waals surface area contributed by atoms with Crippen molar-refractivity contribution in [2.75, 3.05) is 26.7 Å². The van der Waals surface area contributed by atoms with Crippen LogP contribution in [0.15, 0.2) is 24.3 Å². The van der Waals surface area contributed by atoms with Crippen molar-refractivity contribution in [1.82, 2.24) is 10.2 Å². The van der Waals surface area contributed by atoms with Gasteiger partial charge in [-0.2, -0.15) is 0 Å². The van der Waals surface area contributed by atoms with Gasteiger partial charge < -0.3 is 15.0 Å². The SMILES string of the molecule is COc1cccc(C(=O)N2CCN[C@@H](C)C2)c1. The van der Waals surface area contributed by atoms with E-state index >= 15 is 0 Å². The normalized spacial score (nSPS) is 20.1. The van der Waals surface area contributed by atoms with E-state index in [2.05, 4.69) is 12.2 Å². The highest BCUT2D eigenvalue weighted by molar-refractivity contribution is 5.94. The minimum atomic E-state index is 0.0808. The minimum absolute atomic E-state index is 0.0808. The number of ether oxygens (including phenoxy) is 1. The molecule has 0 saturated carbocycles. The van der Waals surface area contributed by atoms with Crippen LogP contribution in [-0.2, 0) is 0 Å². The molecule has 1 atom stereocenters. The standard InChI is InChI=1S/C13H18N2O2/c1-10-9-15(7-6-14-10)13(16)11-4-3-5-12(8-11)17-2/h3-5,8,10,14H,6-7,9H2,1-2H3/t10-/m0/s1. The zero-order chi connectivity index (χ0) is 12.3. The Hall–Kier alpha value is -1.55. The zero-order valence-electron chi connectivity index (χ0n) is 10.3. The van der Waals surface area contributed by atoms with E-state index in [-0.39, 0.29) is 5.91 Å². The number of carbonyl (C=O) groups is 1. The Kier molecular flexibility index (Phi) is 3.64. The molecule has 1 saturated heterocycles. The number of rotatable bonds is 2. The van der Waals surface area contributed by atoms with Crippen LogP contribution in [0.3, 0.4) is 0 Å². The van der Waals surface area contributed by atoms with E-state index in [1.807, 2.05) is 23.1 Å². The molecule has 4 heteroatoms. The molecule has 1 amide bonds. The van der Waals surface area contributed by atoms with E-state index in [4.69, 9.17) is 4.74 Å². The number of methoxy groups -OCH3 is 1. The van der Waals surface area contributed by atoms with E-state index in [9.17, 15) is 4.79 Å². The van der Waals surface area contributed by atoms with Crippen molar-refractivity contribution >= 4 is 5.91 Å². The molecule has 0 spiro atoms. The maximum absolute atomic E-state index is 12.3. The van der Waals surface area contributed by atoms with E-state index in [1.165, 1.54) is 0 Å². The maximum Gasteiger partial charge on any atom is 0.254 e. The molecule has 4 nitrogen and oxygen atoms in total. The van der Waals surface area contributed by atoms with E-state index in [0.717, 1.165) is 25.4 Å². The Bertz CT molecular complexity index is 406. The number of piperazine rings is 1. The number of nitrogens with zero attached hydrogens (tertiary/aromatic N) is 1. The summed E-state index contributed by atoms with van der Waals surface area (Å²) in [5, 5.41) is 3.32. The average molecular weight is 234 g/mol. The summed E-state index contributed by atoms with van der Waals surface area (Å²) in [4.78, 5) is 14.1. The topological polar surface area (TPSA) is 41.6 Å². The van der Waals surface area contributed by atoms with Gasteiger partial charge in [-0.05, 0) is 25.1 Å². The van der Waals surface area contributed by atoms with Gasteiger partial charge >= 0.3 is 0 Å². The highest BCUT2D eigenvalue weighted by atomic mass is 16.5. The number of hydrogen-bond acceptors (Lipinski definition) is 3. The van der Waals surface area contributed by atoms with E-state index in [1.54, 1.807) is 13.2 Å². The Labute approximate surface area is 102 Å². The Balaban J connectivity index is 2.12. The zero-order valence-corrected chi connectivity index (χ0v) is 10.3. The minimum Gasteiger partial charge on any atom is -0.497 e. The van der Waals surface area contributed by atoms with Crippen LogP contribution in [0.25, 0.3) is 0 Å². The van der Waals surface area contributed by atoms with Crippen molar-refractivity contribution < 1.29 is 9.53 Å². The van der Waals surface area contributed by atoms with Crippen molar-refractivity contribution in [1.29, 1.82) is 0 Å². The average Bonchev–Trinajstić information content (AvgIpc) is 2.38. The lowest BCUT2D eigenvalue weighted by molar-refractivity contribution is 0.0708. The molecule has 1 aromatic rings. The highest BCUT2D eigenvalue weighted by Crippen LogP contribution is 2.15. The third kappa shape index (κ3) is 2.77. The van der Waals surface area contributed by atoms with Gasteiger partial charge in [0.25, 0.3) is 5.91 Å². The van der Waals surface area contributed by atoms with Crippen LogP contribution in [0.2, 0.25) is 0 Å². The van der Waals surface area contributed by atoms with Gasteiger partial charge in [0, 0.05) is 31.2 Å². The first-order valence-corrected chi connectivity index (χ1v) is 5.87. The van der Waals surface area contributed by atoms with E-state index < -0.39 is 0 Å². The first kappa shape index (κ1) is 11.9. The molecule has 0 aliphatic carbocycles. The molecule has 0 bridgehead atoms. The van der Waals surface area contributed by atoms with E-state index in [0.29, 0.717) is 11.6 Å². The molecule has 0 unspecified atom stereocenters. The number of hydrogen-bond donors (Lipinski definition) is 1. The second-order valence-corrected chi connectivity index (χ2v) is 4.34. The largest absolute Gasteiger partial charge is 0.497 e. The van der Waals surface area contributed by atoms with Crippen LogP contribution in [-0.4, -0.2) is 43.6 Å². The van der Waals surface area contributed by atoms with Crippen LogP contribution in [0.5, 0.6) is 5.75 Å². The Morgan fingerprint density at radius 2 is 2.35 bits per heavy atom. The van der Waals surface area contributed by atoms with Crippen molar-refractivity contribution in [2.45, 2.75) is 13.0 Å². The molecule has 2 rings (SSSR count). The summed E-state index contributed by atoms with van der Waals surface area (Å²) in [5.41, 5.74) is 0.693. The molecule has 17 heavy (non-hydrogen) atoms. The Morgan fingerprint density at radius 3 is 3.06 bits per heavy atom. The van der Waals surface area contributed by atoms with Crippen LogP contribution in [0.1, 0.15) is 17.3 Å². The summed E-state index contributed by atoms with van der Waals surface area (Å²) >= 11 is 0. The van der Waals surface area contributed by atoms with Crippen LogP contribution in [0.4, 0.5) is 0 Å². The van der Waals surface area contributed by atoms with Crippen molar-refractivity contribution in [2.24, 2.45) is 0 Å². The van der Waals surface area contributed by atoms with Gasteiger partial charge in [0.15, 0.2) is 0 Å². The third-order valence-corrected chi connectivity index (χ3v) is 2.97. The number of carbonyl (C=O) groups excluding carboxylic acids is 1. The molecular formula is C13H18N2O2. The van der Waals surface area contributed by atoms with Crippen molar-refractivity contribution in [3.63, 3.8) is 0 Å². The summed E-state index contributed by atoms with van der Waals surface area (Å²) in [6, 6.07) is 7.67. The van der Waals surface area contributed by atoms with Crippen molar-refractivity contribution in [3.05, 3.63) is 29.8 Å². The maximum atomic E-state index is 12.3. The molecule has 1 aromatic carbocycles. The van der Waals surface area contributed by atoms with Crippen LogP contribution in [0, 0.1) is 0 Å². The fourth-order valence-electron chi connectivity index (χ4n) is 2.06. The number of amides is 1. The predicted molar refractivity (Wildman–Crippen MR) is 66.4 cm³/mol. The van der Waals surface area contributed by atoms with Gasteiger partial charge in [-0.25, -0.2) is 0 Å². The molecule has 1 aliphatic rings. The lowest BCUT2D eigenvalue weighted by atomic mass is 10.1. The lowest BCUT2D eigenvalue weighted by Gasteiger charge is -2.32. The molecular weight excluding hydrogens is 216 g/mol. The quantitative estimate of drug-likeness (QED) is 0.834. The van der Waals surface area contributed by atoms with Gasteiger partial charge in [-0.15, -0.1) is 0 Å². The first-order chi connectivity index (χ1) is 8.20. The molecule has 0 aromatic heterocycles. The van der Waals surface area contributed by atoms with Gasteiger partial charge in [0.05, 0.1) is 7.11 Å². The van der Waals surface area contributed by atoms with Crippen LogP contribution < -0.4 is 10.1 Å². The lowest BCUT2D eigenvalue weighted by Crippen LogP contribution is -2.51. The number of nitrogens with one attached hydrogen (secondary N) is 1. The molecule has 1 N–H and O–H groups in total. The summed E-state index contributed by atoms with van der Waals surface area (Å²) in [6.45, 7) is 4.47. The summed E-state index contributed by atoms with van der Waals surface area (Å²) in [5.74, 6) is 0.802.